The molecule has 0 bridgehead atoms. The van der Waals surface area contributed by atoms with E-state index >= 15 is 0 Å². The van der Waals surface area contributed by atoms with E-state index < -0.39 is 6.09 Å². The Bertz CT molecular complexity index is 310. The molecule has 1 rings (SSSR count). The molecular weight excluding hydrogens is 246 g/mol. The Morgan fingerprint density at radius 3 is 2.50 bits per heavy atom. The molecule has 0 radical (unpaired) electrons. The number of nitrogens with one attached hydrogen (secondary N) is 1. The molecular formula is C10H12BrNO2. The van der Waals surface area contributed by atoms with Crippen molar-refractivity contribution in [3.63, 3.8) is 0 Å². The summed E-state index contributed by atoms with van der Waals surface area (Å²) < 4.78 is 0.992. The molecule has 14 heavy (non-hydrogen) atoms. The molecule has 2 N–H and O–H groups in total. The fourth-order valence-electron chi connectivity index (χ4n) is 1.27. The maximum atomic E-state index is 10.5. The first-order valence-corrected chi connectivity index (χ1v) is 5.17. The van der Waals surface area contributed by atoms with E-state index in [-0.39, 0.29) is 6.04 Å². The van der Waals surface area contributed by atoms with Crippen LogP contribution < -0.4 is 5.32 Å². The molecule has 3 nitrogen and oxygen atoms in total. The molecule has 0 heterocycles. The van der Waals surface area contributed by atoms with Crippen molar-refractivity contribution in [2.24, 2.45) is 0 Å². The molecule has 0 saturated carbocycles. The number of halogens is 1. The average molecular weight is 258 g/mol. The molecule has 76 valence electrons. The quantitative estimate of drug-likeness (QED) is 0.874. The lowest BCUT2D eigenvalue weighted by Crippen LogP contribution is -2.26. The number of carboxylic acid groups (broad SMARTS) is 1. The molecule has 1 amide bonds. The van der Waals surface area contributed by atoms with E-state index in [9.17, 15) is 4.79 Å². The number of benzene rings is 1. The van der Waals surface area contributed by atoms with Gasteiger partial charge in [-0.05, 0) is 24.1 Å². The van der Waals surface area contributed by atoms with E-state index in [1.807, 2.05) is 31.2 Å². The van der Waals surface area contributed by atoms with Gasteiger partial charge in [0.2, 0.25) is 0 Å². The highest BCUT2D eigenvalue weighted by atomic mass is 79.9. The van der Waals surface area contributed by atoms with Crippen molar-refractivity contribution in [2.75, 3.05) is 0 Å². The summed E-state index contributed by atoms with van der Waals surface area (Å²) in [6.45, 7) is 1.95. The summed E-state index contributed by atoms with van der Waals surface area (Å²) in [5.41, 5.74) is 0.984. The van der Waals surface area contributed by atoms with Crippen LogP contribution in [0.5, 0.6) is 0 Å². The molecule has 0 aliphatic carbocycles. The summed E-state index contributed by atoms with van der Waals surface area (Å²) >= 11 is 3.33. The second kappa shape index (κ2) is 5.00. The van der Waals surface area contributed by atoms with Crippen molar-refractivity contribution >= 4 is 22.0 Å². The second-order valence-electron chi connectivity index (χ2n) is 2.96. The minimum atomic E-state index is -0.986. The number of carbonyl (C=O) groups is 1. The van der Waals surface area contributed by atoms with Crippen molar-refractivity contribution in [1.29, 1.82) is 0 Å². The first-order chi connectivity index (χ1) is 6.63. The van der Waals surface area contributed by atoms with Crippen LogP contribution in [0, 0.1) is 0 Å². The van der Waals surface area contributed by atoms with Crippen LogP contribution in [0.4, 0.5) is 4.79 Å². The standard InChI is InChI=1S/C10H12BrNO2/c1-2-9(12-10(13)14)7-3-5-8(11)6-4-7/h3-6,9,12H,2H2,1H3,(H,13,14). The largest absolute Gasteiger partial charge is 0.465 e. The fourth-order valence-corrected chi connectivity index (χ4v) is 1.53. The Labute approximate surface area is 91.3 Å². The smallest absolute Gasteiger partial charge is 0.405 e. The van der Waals surface area contributed by atoms with Crippen LogP contribution in [0.25, 0.3) is 0 Å². The highest BCUT2D eigenvalue weighted by Gasteiger charge is 2.10. The lowest BCUT2D eigenvalue weighted by atomic mass is 10.1. The van der Waals surface area contributed by atoms with Gasteiger partial charge >= 0.3 is 6.09 Å². The predicted octanol–water partition coefficient (Wildman–Crippen LogP) is 3.17. The van der Waals surface area contributed by atoms with Gasteiger partial charge in [0.1, 0.15) is 0 Å². The summed E-state index contributed by atoms with van der Waals surface area (Å²) in [5, 5.41) is 11.1. The van der Waals surface area contributed by atoms with Gasteiger partial charge in [0.25, 0.3) is 0 Å². The second-order valence-corrected chi connectivity index (χ2v) is 3.88. The number of hydrogen-bond donors (Lipinski definition) is 2. The van der Waals surface area contributed by atoms with Gasteiger partial charge in [-0.3, -0.25) is 0 Å². The van der Waals surface area contributed by atoms with Crippen LogP contribution in [-0.4, -0.2) is 11.2 Å². The van der Waals surface area contributed by atoms with Crippen LogP contribution >= 0.6 is 15.9 Å². The predicted molar refractivity (Wildman–Crippen MR) is 58.3 cm³/mol. The highest BCUT2D eigenvalue weighted by molar-refractivity contribution is 9.10. The molecule has 1 aromatic carbocycles. The van der Waals surface area contributed by atoms with E-state index in [0.717, 1.165) is 16.5 Å². The molecule has 0 aromatic heterocycles. The molecule has 0 aliphatic heterocycles. The highest BCUT2D eigenvalue weighted by Crippen LogP contribution is 2.19. The fraction of sp³-hybridized carbons (Fsp3) is 0.300. The number of rotatable bonds is 3. The molecule has 0 aliphatic rings. The lowest BCUT2D eigenvalue weighted by molar-refractivity contribution is 0.189. The average Bonchev–Trinajstić information content (AvgIpc) is 2.15. The summed E-state index contributed by atoms with van der Waals surface area (Å²) in [4.78, 5) is 10.5. The van der Waals surface area contributed by atoms with Gasteiger partial charge in [-0.25, -0.2) is 4.79 Å². The Hall–Kier alpha value is -1.03. The van der Waals surface area contributed by atoms with E-state index in [2.05, 4.69) is 21.2 Å². The van der Waals surface area contributed by atoms with E-state index in [4.69, 9.17) is 5.11 Å². The molecule has 1 atom stereocenters. The van der Waals surface area contributed by atoms with E-state index in [1.54, 1.807) is 0 Å². The monoisotopic (exact) mass is 257 g/mol. The Morgan fingerprint density at radius 1 is 1.50 bits per heavy atom. The topological polar surface area (TPSA) is 49.3 Å². The van der Waals surface area contributed by atoms with Crippen LogP contribution in [0.3, 0.4) is 0 Å². The third-order valence-corrected chi connectivity index (χ3v) is 2.51. The third-order valence-electron chi connectivity index (χ3n) is 1.98. The molecule has 4 heteroatoms. The summed E-state index contributed by atoms with van der Waals surface area (Å²) in [6, 6.07) is 7.51. The lowest BCUT2D eigenvalue weighted by Gasteiger charge is -2.14. The van der Waals surface area contributed by atoms with E-state index in [1.165, 1.54) is 0 Å². The van der Waals surface area contributed by atoms with Gasteiger partial charge in [0.05, 0.1) is 6.04 Å². The first kappa shape index (κ1) is 11.0. The van der Waals surface area contributed by atoms with Crippen LogP contribution in [-0.2, 0) is 0 Å². The zero-order chi connectivity index (χ0) is 10.6. The minimum Gasteiger partial charge on any atom is -0.465 e. The van der Waals surface area contributed by atoms with Crippen LogP contribution in [0.1, 0.15) is 24.9 Å². The van der Waals surface area contributed by atoms with Gasteiger partial charge in [-0.15, -0.1) is 0 Å². The van der Waals surface area contributed by atoms with Crippen molar-refractivity contribution in [3.8, 4) is 0 Å². The number of hydrogen-bond acceptors (Lipinski definition) is 1. The summed E-state index contributed by atoms with van der Waals surface area (Å²) in [7, 11) is 0. The molecule has 0 saturated heterocycles. The Morgan fingerprint density at radius 2 is 2.07 bits per heavy atom. The molecule has 1 aromatic rings. The van der Waals surface area contributed by atoms with Crippen molar-refractivity contribution in [3.05, 3.63) is 34.3 Å². The SMILES string of the molecule is CCC(NC(=O)O)c1ccc(Br)cc1. The Kier molecular flexibility index (Phi) is 3.95. The van der Waals surface area contributed by atoms with Crippen molar-refractivity contribution in [1.82, 2.24) is 5.32 Å². The van der Waals surface area contributed by atoms with Gasteiger partial charge in [0.15, 0.2) is 0 Å². The zero-order valence-electron chi connectivity index (χ0n) is 7.83. The van der Waals surface area contributed by atoms with Crippen LogP contribution in [0.2, 0.25) is 0 Å². The third kappa shape index (κ3) is 3.03. The maximum Gasteiger partial charge on any atom is 0.405 e. The molecule has 0 fully saturated rings. The van der Waals surface area contributed by atoms with Crippen molar-refractivity contribution < 1.29 is 9.90 Å². The Balaban J connectivity index is 2.78. The van der Waals surface area contributed by atoms with Gasteiger partial charge in [-0.2, -0.15) is 0 Å². The normalized spacial score (nSPS) is 12.1. The van der Waals surface area contributed by atoms with Crippen LogP contribution in [0.15, 0.2) is 28.7 Å². The van der Waals surface area contributed by atoms with Gasteiger partial charge in [-0.1, -0.05) is 35.0 Å². The minimum absolute atomic E-state index is 0.124. The van der Waals surface area contributed by atoms with Crippen molar-refractivity contribution in [2.45, 2.75) is 19.4 Å². The molecule has 0 spiro atoms. The summed E-state index contributed by atoms with van der Waals surface area (Å²) in [6.07, 6.45) is -0.242. The summed E-state index contributed by atoms with van der Waals surface area (Å²) in [5.74, 6) is 0. The first-order valence-electron chi connectivity index (χ1n) is 4.38. The number of amides is 1. The van der Waals surface area contributed by atoms with Gasteiger partial charge in [0, 0.05) is 4.47 Å². The van der Waals surface area contributed by atoms with Gasteiger partial charge < -0.3 is 10.4 Å². The maximum absolute atomic E-state index is 10.5. The molecule has 1 unspecified atom stereocenters. The zero-order valence-corrected chi connectivity index (χ0v) is 9.41. The van der Waals surface area contributed by atoms with E-state index in [0.29, 0.717) is 0 Å².